The Hall–Kier alpha value is -2.56. The summed E-state index contributed by atoms with van der Waals surface area (Å²) in [5.74, 6) is -1.37. The molecule has 0 unspecified atom stereocenters. The summed E-state index contributed by atoms with van der Waals surface area (Å²) in [5.41, 5.74) is 0.337. The number of phenolic OH excluding ortho intramolecular Hbond substituents is 2. The summed E-state index contributed by atoms with van der Waals surface area (Å²) in [6.07, 6.45) is 0. The molecule has 4 nitrogen and oxygen atoms in total. The normalized spacial score (nSPS) is 10.1. The van der Waals surface area contributed by atoms with E-state index < -0.39 is 11.7 Å². The summed E-state index contributed by atoms with van der Waals surface area (Å²) in [4.78, 5) is 11.8. The SMILES string of the molecule is O=C(Nc1ccc(F)cc1)c1cc(O)ccc1O. The van der Waals surface area contributed by atoms with Crippen molar-refractivity contribution in [2.45, 2.75) is 0 Å². The van der Waals surface area contributed by atoms with Crippen LogP contribution in [0, 0.1) is 5.82 Å². The van der Waals surface area contributed by atoms with Crippen molar-refractivity contribution < 1.29 is 19.4 Å². The van der Waals surface area contributed by atoms with Crippen molar-refractivity contribution in [3.05, 3.63) is 53.8 Å². The Morgan fingerprint density at radius 3 is 2.39 bits per heavy atom. The Morgan fingerprint density at radius 2 is 1.72 bits per heavy atom. The monoisotopic (exact) mass is 247 g/mol. The molecule has 0 atom stereocenters. The van der Waals surface area contributed by atoms with Gasteiger partial charge < -0.3 is 15.5 Å². The first-order chi connectivity index (χ1) is 8.56. The Morgan fingerprint density at radius 1 is 1.06 bits per heavy atom. The van der Waals surface area contributed by atoms with Crippen LogP contribution in [0.5, 0.6) is 11.5 Å². The lowest BCUT2D eigenvalue weighted by atomic mass is 10.1. The zero-order chi connectivity index (χ0) is 13.1. The summed E-state index contributed by atoms with van der Waals surface area (Å²) in [7, 11) is 0. The highest BCUT2D eigenvalue weighted by Crippen LogP contribution is 2.23. The fraction of sp³-hybridized carbons (Fsp3) is 0. The first-order valence-corrected chi connectivity index (χ1v) is 5.15. The molecule has 0 saturated carbocycles. The van der Waals surface area contributed by atoms with Crippen LogP contribution in [-0.4, -0.2) is 16.1 Å². The number of amides is 1. The van der Waals surface area contributed by atoms with Crippen molar-refractivity contribution >= 4 is 11.6 Å². The molecule has 0 aliphatic carbocycles. The average Bonchev–Trinajstić information content (AvgIpc) is 2.35. The fourth-order valence-corrected chi connectivity index (χ4v) is 1.44. The van der Waals surface area contributed by atoms with Crippen LogP contribution in [0.1, 0.15) is 10.4 Å². The number of benzene rings is 2. The van der Waals surface area contributed by atoms with Gasteiger partial charge in [0.05, 0.1) is 5.56 Å². The molecule has 0 aliphatic rings. The predicted octanol–water partition coefficient (Wildman–Crippen LogP) is 2.49. The standard InChI is InChI=1S/C13H10FNO3/c14-8-1-3-9(4-2-8)15-13(18)11-7-10(16)5-6-12(11)17/h1-7,16-17H,(H,15,18). The number of aromatic hydroxyl groups is 2. The van der Waals surface area contributed by atoms with Crippen LogP contribution >= 0.6 is 0 Å². The Kier molecular flexibility index (Phi) is 3.14. The van der Waals surface area contributed by atoms with Gasteiger partial charge in [-0.3, -0.25) is 4.79 Å². The summed E-state index contributed by atoms with van der Waals surface area (Å²) in [6.45, 7) is 0. The van der Waals surface area contributed by atoms with E-state index in [4.69, 9.17) is 0 Å². The highest BCUT2D eigenvalue weighted by atomic mass is 19.1. The molecule has 1 amide bonds. The topological polar surface area (TPSA) is 69.6 Å². The van der Waals surface area contributed by atoms with Crippen molar-refractivity contribution in [1.29, 1.82) is 0 Å². The number of halogens is 1. The average molecular weight is 247 g/mol. The maximum absolute atomic E-state index is 12.7. The number of hydrogen-bond acceptors (Lipinski definition) is 3. The van der Waals surface area contributed by atoms with E-state index in [9.17, 15) is 19.4 Å². The number of phenols is 2. The Balaban J connectivity index is 2.21. The molecule has 2 aromatic carbocycles. The van der Waals surface area contributed by atoms with Gasteiger partial charge in [-0.15, -0.1) is 0 Å². The molecule has 5 heteroatoms. The van der Waals surface area contributed by atoms with E-state index >= 15 is 0 Å². The van der Waals surface area contributed by atoms with Gasteiger partial charge in [0.1, 0.15) is 17.3 Å². The lowest BCUT2D eigenvalue weighted by molar-refractivity contribution is 0.102. The van der Waals surface area contributed by atoms with Crippen LogP contribution in [0.25, 0.3) is 0 Å². The van der Waals surface area contributed by atoms with Crippen LogP contribution in [0.4, 0.5) is 10.1 Å². The van der Waals surface area contributed by atoms with E-state index in [1.54, 1.807) is 0 Å². The lowest BCUT2D eigenvalue weighted by Crippen LogP contribution is -2.11. The molecule has 0 aliphatic heterocycles. The van der Waals surface area contributed by atoms with Crippen molar-refractivity contribution in [2.24, 2.45) is 0 Å². The quantitative estimate of drug-likeness (QED) is 0.714. The van der Waals surface area contributed by atoms with E-state index in [1.807, 2.05) is 0 Å². The third-order valence-electron chi connectivity index (χ3n) is 2.33. The molecular weight excluding hydrogens is 237 g/mol. The number of carbonyl (C=O) groups excluding carboxylic acids is 1. The van der Waals surface area contributed by atoms with Crippen molar-refractivity contribution in [3.8, 4) is 11.5 Å². The van der Waals surface area contributed by atoms with Crippen LogP contribution in [0.3, 0.4) is 0 Å². The third kappa shape index (κ3) is 2.57. The molecule has 2 aromatic rings. The lowest BCUT2D eigenvalue weighted by Gasteiger charge is -2.07. The molecule has 0 saturated heterocycles. The van der Waals surface area contributed by atoms with E-state index in [-0.39, 0.29) is 17.1 Å². The number of nitrogens with one attached hydrogen (secondary N) is 1. The minimum Gasteiger partial charge on any atom is -0.508 e. The summed E-state index contributed by atoms with van der Waals surface area (Å²) < 4.78 is 12.7. The van der Waals surface area contributed by atoms with Crippen LogP contribution in [0.15, 0.2) is 42.5 Å². The third-order valence-corrected chi connectivity index (χ3v) is 2.33. The molecule has 0 radical (unpaired) electrons. The minimum absolute atomic E-state index is 0.0562. The van der Waals surface area contributed by atoms with Crippen molar-refractivity contribution in [1.82, 2.24) is 0 Å². The molecule has 0 bridgehead atoms. The van der Waals surface area contributed by atoms with Crippen LogP contribution in [0.2, 0.25) is 0 Å². The van der Waals surface area contributed by atoms with Crippen LogP contribution < -0.4 is 5.32 Å². The zero-order valence-corrected chi connectivity index (χ0v) is 9.22. The van der Waals surface area contributed by atoms with Crippen molar-refractivity contribution in [3.63, 3.8) is 0 Å². The molecule has 0 heterocycles. The molecule has 18 heavy (non-hydrogen) atoms. The first-order valence-electron chi connectivity index (χ1n) is 5.15. The van der Waals surface area contributed by atoms with E-state index in [2.05, 4.69) is 5.32 Å². The number of anilines is 1. The fourth-order valence-electron chi connectivity index (χ4n) is 1.44. The minimum atomic E-state index is -0.588. The molecule has 92 valence electrons. The highest BCUT2D eigenvalue weighted by Gasteiger charge is 2.12. The predicted molar refractivity (Wildman–Crippen MR) is 64.1 cm³/mol. The van der Waals surface area contributed by atoms with Gasteiger partial charge in [0.25, 0.3) is 5.91 Å². The van der Waals surface area contributed by atoms with Crippen molar-refractivity contribution in [2.75, 3.05) is 5.32 Å². The van der Waals surface area contributed by atoms with Gasteiger partial charge in [-0.05, 0) is 42.5 Å². The summed E-state index contributed by atoms with van der Waals surface area (Å²) in [5, 5.41) is 21.2. The maximum atomic E-state index is 12.7. The summed E-state index contributed by atoms with van der Waals surface area (Å²) in [6, 6.07) is 8.84. The van der Waals surface area contributed by atoms with E-state index in [0.717, 1.165) is 6.07 Å². The molecule has 2 rings (SSSR count). The molecule has 0 fully saturated rings. The Bertz CT molecular complexity index is 581. The summed E-state index contributed by atoms with van der Waals surface area (Å²) >= 11 is 0. The Labute approximate surface area is 102 Å². The number of rotatable bonds is 2. The number of hydrogen-bond donors (Lipinski definition) is 3. The van der Waals surface area contributed by atoms with Gasteiger partial charge >= 0.3 is 0 Å². The van der Waals surface area contributed by atoms with Gasteiger partial charge in [-0.2, -0.15) is 0 Å². The zero-order valence-electron chi connectivity index (χ0n) is 9.22. The van der Waals surface area contributed by atoms with Gasteiger partial charge in [-0.1, -0.05) is 0 Å². The molecular formula is C13H10FNO3. The van der Waals surface area contributed by atoms with Gasteiger partial charge in [-0.25, -0.2) is 4.39 Å². The second-order valence-corrected chi connectivity index (χ2v) is 3.66. The van der Waals surface area contributed by atoms with Gasteiger partial charge in [0, 0.05) is 5.69 Å². The van der Waals surface area contributed by atoms with E-state index in [0.29, 0.717) is 5.69 Å². The highest BCUT2D eigenvalue weighted by molar-refractivity contribution is 6.06. The first kappa shape index (κ1) is 11.9. The molecule has 0 spiro atoms. The molecule has 0 aromatic heterocycles. The second-order valence-electron chi connectivity index (χ2n) is 3.66. The second kappa shape index (κ2) is 4.75. The van der Waals surface area contributed by atoms with Gasteiger partial charge in [0.2, 0.25) is 0 Å². The largest absolute Gasteiger partial charge is 0.508 e. The molecule has 3 N–H and O–H groups in total. The van der Waals surface area contributed by atoms with Gasteiger partial charge in [0.15, 0.2) is 0 Å². The maximum Gasteiger partial charge on any atom is 0.259 e. The number of carbonyl (C=O) groups is 1. The van der Waals surface area contributed by atoms with E-state index in [1.165, 1.54) is 36.4 Å². The van der Waals surface area contributed by atoms with Crippen LogP contribution in [-0.2, 0) is 0 Å². The smallest absolute Gasteiger partial charge is 0.259 e.